The van der Waals surface area contributed by atoms with Crippen LogP contribution in [-0.4, -0.2) is 50.7 Å². The van der Waals surface area contributed by atoms with E-state index < -0.39 is 0 Å². The van der Waals surface area contributed by atoms with Crippen LogP contribution in [0.2, 0.25) is 0 Å². The second kappa shape index (κ2) is 6.56. The third-order valence-electron chi connectivity index (χ3n) is 6.42. The van der Waals surface area contributed by atoms with Gasteiger partial charge in [-0.25, -0.2) is 0 Å². The highest BCUT2D eigenvalue weighted by Gasteiger charge is 2.54. The Balaban J connectivity index is 1.64. The Labute approximate surface area is 140 Å². The quantitative estimate of drug-likeness (QED) is 0.480. The minimum atomic E-state index is 0.0187. The Hall–Kier alpha value is -0.870. The number of hydrogen-bond donors (Lipinski definition) is 1. The standard InChI is InChI=1S/C19H32N2O2/c1-13-6-5-7-19(2)11-17-14(10-16(13)19)15(18(22)23-17)12-20-8-9-21(3)4/h14-17,20H,1,5-12H2,2-4H3/t14-,15-,16+,17-,19-/m1/s1. The van der Waals surface area contributed by atoms with Gasteiger partial charge in [0, 0.05) is 25.6 Å². The van der Waals surface area contributed by atoms with E-state index in [-0.39, 0.29) is 18.0 Å². The molecule has 5 atom stereocenters. The predicted octanol–water partition coefficient (Wildman–Crippen LogP) is 2.45. The number of likely N-dealkylation sites (N-methyl/N-ethyl adjacent to an activating group) is 1. The molecule has 23 heavy (non-hydrogen) atoms. The third-order valence-corrected chi connectivity index (χ3v) is 6.42. The summed E-state index contributed by atoms with van der Waals surface area (Å²) in [5.74, 6) is 1.00. The monoisotopic (exact) mass is 320 g/mol. The summed E-state index contributed by atoms with van der Waals surface area (Å²) in [5, 5.41) is 3.45. The molecule has 4 heteroatoms. The van der Waals surface area contributed by atoms with E-state index in [1.165, 1.54) is 18.4 Å². The van der Waals surface area contributed by atoms with Gasteiger partial charge in [0.15, 0.2) is 0 Å². The number of carbonyl (C=O) groups excluding carboxylic acids is 1. The molecule has 1 aliphatic heterocycles. The van der Waals surface area contributed by atoms with E-state index in [2.05, 4.69) is 37.8 Å². The second-order valence-electron chi connectivity index (χ2n) is 8.41. The number of nitrogens with zero attached hydrogens (tertiary/aromatic N) is 1. The topological polar surface area (TPSA) is 41.6 Å². The molecule has 4 nitrogen and oxygen atoms in total. The zero-order valence-corrected chi connectivity index (χ0v) is 14.9. The number of esters is 1. The van der Waals surface area contributed by atoms with Crippen molar-refractivity contribution in [1.82, 2.24) is 10.2 Å². The lowest BCUT2D eigenvalue weighted by Gasteiger charge is -2.50. The fourth-order valence-electron chi connectivity index (χ4n) is 5.05. The molecule has 0 unspecified atom stereocenters. The van der Waals surface area contributed by atoms with Crippen molar-refractivity contribution in [1.29, 1.82) is 0 Å². The number of hydrogen-bond acceptors (Lipinski definition) is 4. The fraction of sp³-hybridized carbons (Fsp3) is 0.842. The van der Waals surface area contributed by atoms with Gasteiger partial charge in [0.2, 0.25) is 0 Å². The average Bonchev–Trinajstić information content (AvgIpc) is 2.76. The maximum atomic E-state index is 12.4. The summed E-state index contributed by atoms with van der Waals surface area (Å²) in [4.78, 5) is 14.5. The molecule has 0 aromatic rings. The minimum absolute atomic E-state index is 0.0187. The largest absolute Gasteiger partial charge is 0.462 e. The van der Waals surface area contributed by atoms with Gasteiger partial charge in [-0.3, -0.25) is 4.79 Å². The fourth-order valence-corrected chi connectivity index (χ4v) is 5.05. The smallest absolute Gasteiger partial charge is 0.310 e. The molecule has 130 valence electrons. The molecule has 0 bridgehead atoms. The molecular weight excluding hydrogens is 288 g/mol. The molecule has 0 aromatic heterocycles. The average molecular weight is 320 g/mol. The zero-order chi connectivity index (χ0) is 16.6. The van der Waals surface area contributed by atoms with Gasteiger partial charge in [0.1, 0.15) is 6.10 Å². The highest BCUT2D eigenvalue weighted by molar-refractivity contribution is 5.75. The Morgan fingerprint density at radius 3 is 2.96 bits per heavy atom. The van der Waals surface area contributed by atoms with Gasteiger partial charge in [-0.15, -0.1) is 0 Å². The van der Waals surface area contributed by atoms with Gasteiger partial charge in [0.05, 0.1) is 5.92 Å². The lowest BCUT2D eigenvalue weighted by atomic mass is 9.55. The highest BCUT2D eigenvalue weighted by atomic mass is 16.6. The van der Waals surface area contributed by atoms with E-state index >= 15 is 0 Å². The first kappa shape index (κ1) is 17.0. The molecule has 3 fully saturated rings. The molecule has 2 saturated carbocycles. The maximum absolute atomic E-state index is 12.4. The number of fused-ring (bicyclic) bond motifs is 2. The van der Waals surface area contributed by atoms with Crippen LogP contribution in [0, 0.1) is 23.2 Å². The van der Waals surface area contributed by atoms with Crippen molar-refractivity contribution in [2.24, 2.45) is 23.2 Å². The van der Waals surface area contributed by atoms with Crippen LogP contribution in [0.5, 0.6) is 0 Å². The summed E-state index contributed by atoms with van der Waals surface area (Å²) in [6.07, 6.45) is 5.91. The molecule has 0 amide bonds. The third kappa shape index (κ3) is 3.34. The van der Waals surface area contributed by atoms with Gasteiger partial charge >= 0.3 is 5.97 Å². The number of ether oxygens (including phenoxy) is 1. The van der Waals surface area contributed by atoms with E-state index in [0.717, 1.165) is 38.9 Å². The van der Waals surface area contributed by atoms with E-state index in [0.29, 0.717) is 17.3 Å². The van der Waals surface area contributed by atoms with Gasteiger partial charge in [0.25, 0.3) is 0 Å². The Morgan fingerprint density at radius 2 is 2.22 bits per heavy atom. The summed E-state index contributed by atoms with van der Waals surface area (Å²) in [5.41, 5.74) is 1.71. The second-order valence-corrected chi connectivity index (χ2v) is 8.41. The van der Waals surface area contributed by atoms with Crippen LogP contribution in [0.3, 0.4) is 0 Å². The van der Waals surface area contributed by atoms with Gasteiger partial charge in [-0.2, -0.15) is 0 Å². The molecule has 1 N–H and O–H groups in total. The predicted molar refractivity (Wildman–Crippen MR) is 92.1 cm³/mol. The molecule has 1 saturated heterocycles. The van der Waals surface area contributed by atoms with Crippen molar-refractivity contribution < 1.29 is 9.53 Å². The van der Waals surface area contributed by atoms with Crippen molar-refractivity contribution in [3.8, 4) is 0 Å². The van der Waals surface area contributed by atoms with Gasteiger partial charge < -0.3 is 15.0 Å². The zero-order valence-electron chi connectivity index (χ0n) is 14.9. The Bertz CT molecular complexity index is 476. The Morgan fingerprint density at radius 1 is 1.43 bits per heavy atom. The van der Waals surface area contributed by atoms with Crippen molar-refractivity contribution in [2.45, 2.75) is 45.1 Å². The molecular formula is C19H32N2O2. The lowest BCUT2D eigenvalue weighted by Crippen LogP contribution is -2.45. The molecule has 0 radical (unpaired) electrons. The van der Waals surface area contributed by atoms with Crippen LogP contribution >= 0.6 is 0 Å². The summed E-state index contributed by atoms with van der Waals surface area (Å²) in [6.45, 7) is 9.40. The SMILES string of the molecule is C=C1CCC[C@]2(C)C[C@H]3OC(=O)[C@H](CNCCN(C)C)[C@H]3C[C@@H]12. The van der Waals surface area contributed by atoms with Crippen LogP contribution in [0.15, 0.2) is 12.2 Å². The Kier molecular flexibility index (Phi) is 4.84. The van der Waals surface area contributed by atoms with E-state index in [4.69, 9.17) is 4.74 Å². The molecule has 0 spiro atoms. The molecule has 3 aliphatic rings. The van der Waals surface area contributed by atoms with Crippen molar-refractivity contribution >= 4 is 5.97 Å². The van der Waals surface area contributed by atoms with Gasteiger partial charge in [-0.1, -0.05) is 19.1 Å². The van der Waals surface area contributed by atoms with Crippen LogP contribution in [0.1, 0.15) is 39.0 Å². The summed E-state index contributed by atoms with van der Waals surface area (Å²) < 4.78 is 5.79. The van der Waals surface area contributed by atoms with Crippen molar-refractivity contribution in [2.75, 3.05) is 33.7 Å². The van der Waals surface area contributed by atoms with Crippen LogP contribution in [0.4, 0.5) is 0 Å². The molecule has 3 rings (SSSR count). The summed E-state index contributed by atoms with van der Waals surface area (Å²) in [6, 6.07) is 0. The summed E-state index contributed by atoms with van der Waals surface area (Å²) in [7, 11) is 4.14. The number of allylic oxidation sites excluding steroid dienone is 1. The molecule has 1 heterocycles. The van der Waals surface area contributed by atoms with Gasteiger partial charge in [-0.05, 0) is 57.5 Å². The number of rotatable bonds is 5. The number of carbonyl (C=O) groups is 1. The van der Waals surface area contributed by atoms with Crippen LogP contribution in [-0.2, 0) is 9.53 Å². The van der Waals surface area contributed by atoms with E-state index in [1.807, 2.05) is 0 Å². The first-order chi connectivity index (χ1) is 10.9. The van der Waals surface area contributed by atoms with Crippen LogP contribution in [0.25, 0.3) is 0 Å². The maximum Gasteiger partial charge on any atom is 0.310 e. The van der Waals surface area contributed by atoms with E-state index in [9.17, 15) is 4.79 Å². The summed E-state index contributed by atoms with van der Waals surface area (Å²) >= 11 is 0. The van der Waals surface area contributed by atoms with Crippen molar-refractivity contribution in [3.63, 3.8) is 0 Å². The normalized spacial score (nSPS) is 40.0. The van der Waals surface area contributed by atoms with E-state index in [1.54, 1.807) is 0 Å². The number of nitrogens with one attached hydrogen (secondary N) is 1. The first-order valence-corrected chi connectivity index (χ1v) is 9.14. The highest BCUT2D eigenvalue weighted by Crippen LogP contribution is 2.56. The van der Waals surface area contributed by atoms with Crippen molar-refractivity contribution in [3.05, 3.63) is 12.2 Å². The lowest BCUT2D eigenvalue weighted by molar-refractivity contribution is -0.146. The molecule has 2 aliphatic carbocycles. The van der Waals surface area contributed by atoms with Crippen LogP contribution < -0.4 is 5.32 Å². The molecule has 0 aromatic carbocycles. The first-order valence-electron chi connectivity index (χ1n) is 9.14. The minimum Gasteiger partial charge on any atom is -0.462 e.